The molecule has 0 unspecified atom stereocenters. The number of imide groups is 1. The number of nitrogens with one attached hydrogen (secondary N) is 3. The van der Waals surface area contributed by atoms with Gasteiger partial charge in [0.15, 0.2) is 0 Å². The van der Waals surface area contributed by atoms with Crippen LogP contribution in [0.2, 0.25) is 0 Å². The SMILES string of the molecule is Cc1ccc(NC(=O)C[C@H]2C(=O)Nc3ccccc3N2CC(=O)N2CCNC2=O)c(C)c1. The number of anilines is 3. The molecule has 2 aliphatic rings. The first-order chi connectivity index (χ1) is 15.3. The summed E-state index contributed by atoms with van der Waals surface area (Å²) in [5, 5.41) is 8.27. The maximum Gasteiger partial charge on any atom is 0.324 e. The molecule has 1 fully saturated rings. The summed E-state index contributed by atoms with van der Waals surface area (Å²) in [5.74, 6) is -1.14. The molecular formula is C23H25N5O4. The first kappa shape index (κ1) is 21.4. The van der Waals surface area contributed by atoms with E-state index in [2.05, 4.69) is 16.0 Å². The van der Waals surface area contributed by atoms with Crippen molar-refractivity contribution in [3.05, 3.63) is 53.6 Å². The molecule has 1 saturated heterocycles. The Hall–Kier alpha value is -3.88. The number of benzene rings is 2. The van der Waals surface area contributed by atoms with Gasteiger partial charge in [-0.3, -0.25) is 19.3 Å². The van der Waals surface area contributed by atoms with Gasteiger partial charge in [0, 0.05) is 18.8 Å². The van der Waals surface area contributed by atoms with Crippen LogP contribution in [0.3, 0.4) is 0 Å². The first-order valence-corrected chi connectivity index (χ1v) is 10.5. The zero-order valence-electron chi connectivity index (χ0n) is 18.0. The van der Waals surface area contributed by atoms with Gasteiger partial charge in [-0.2, -0.15) is 0 Å². The standard InChI is InChI=1S/C23H25N5O4/c1-14-7-8-16(15(2)11-14)25-20(29)12-19-22(31)26-17-5-3-4-6-18(17)28(19)13-21(30)27-10-9-24-23(27)32/h3-8,11,19H,9-10,12-13H2,1-2H3,(H,24,32)(H,25,29)(H,26,31)/t19-/m0/s1. The van der Waals surface area contributed by atoms with Crippen molar-refractivity contribution < 1.29 is 19.2 Å². The summed E-state index contributed by atoms with van der Waals surface area (Å²) < 4.78 is 0. The van der Waals surface area contributed by atoms with E-state index in [1.54, 1.807) is 29.2 Å². The van der Waals surface area contributed by atoms with Crippen molar-refractivity contribution in [2.24, 2.45) is 0 Å². The number of para-hydroxylation sites is 2. The predicted octanol–water partition coefficient (Wildman–Crippen LogP) is 2.01. The van der Waals surface area contributed by atoms with Crippen LogP contribution >= 0.6 is 0 Å². The topological polar surface area (TPSA) is 111 Å². The van der Waals surface area contributed by atoms with E-state index in [0.29, 0.717) is 23.6 Å². The van der Waals surface area contributed by atoms with E-state index < -0.39 is 18.0 Å². The van der Waals surface area contributed by atoms with Gasteiger partial charge in [0.05, 0.1) is 24.3 Å². The Balaban J connectivity index is 1.56. The summed E-state index contributed by atoms with van der Waals surface area (Å²) in [4.78, 5) is 53.2. The minimum absolute atomic E-state index is 0.146. The zero-order chi connectivity index (χ0) is 22.8. The third-order valence-corrected chi connectivity index (χ3v) is 5.65. The van der Waals surface area contributed by atoms with Crippen molar-refractivity contribution in [3.63, 3.8) is 0 Å². The summed E-state index contributed by atoms with van der Waals surface area (Å²) in [5.41, 5.74) is 3.86. The van der Waals surface area contributed by atoms with E-state index in [4.69, 9.17) is 0 Å². The molecule has 5 amide bonds. The number of carbonyl (C=O) groups is 4. The van der Waals surface area contributed by atoms with Gasteiger partial charge in [-0.25, -0.2) is 4.79 Å². The Morgan fingerprint density at radius 2 is 1.91 bits per heavy atom. The number of urea groups is 1. The van der Waals surface area contributed by atoms with Crippen molar-refractivity contribution >= 4 is 40.8 Å². The van der Waals surface area contributed by atoms with E-state index >= 15 is 0 Å². The van der Waals surface area contributed by atoms with Gasteiger partial charge in [-0.05, 0) is 37.6 Å². The monoisotopic (exact) mass is 435 g/mol. The number of fused-ring (bicyclic) bond motifs is 1. The molecule has 9 nitrogen and oxygen atoms in total. The minimum atomic E-state index is -0.898. The molecule has 0 saturated carbocycles. The highest BCUT2D eigenvalue weighted by Gasteiger charge is 2.37. The van der Waals surface area contributed by atoms with E-state index in [1.165, 1.54) is 0 Å². The minimum Gasteiger partial charge on any atom is -0.348 e. The number of nitrogens with zero attached hydrogens (tertiary/aromatic N) is 2. The Morgan fingerprint density at radius 3 is 2.62 bits per heavy atom. The van der Waals surface area contributed by atoms with Crippen LogP contribution < -0.4 is 20.9 Å². The Bertz CT molecular complexity index is 1100. The highest BCUT2D eigenvalue weighted by atomic mass is 16.2. The van der Waals surface area contributed by atoms with Crippen LogP contribution in [0.25, 0.3) is 0 Å². The third kappa shape index (κ3) is 4.27. The molecule has 2 aromatic rings. The van der Waals surface area contributed by atoms with Crippen LogP contribution in [0.15, 0.2) is 42.5 Å². The fourth-order valence-electron chi connectivity index (χ4n) is 4.02. The molecule has 2 aliphatic heterocycles. The molecule has 0 spiro atoms. The fourth-order valence-corrected chi connectivity index (χ4v) is 4.02. The molecule has 0 radical (unpaired) electrons. The number of amides is 5. The van der Waals surface area contributed by atoms with Crippen molar-refractivity contribution in [3.8, 4) is 0 Å². The molecule has 0 aliphatic carbocycles. The van der Waals surface area contributed by atoms with Crippen molar-refractivity contribution in [1.82, 2.24) is 10.2 Å². The lowest BCUT2D eigenvalue weighted by atomic mass is 10.0. The molecule has 9 heteroatoms. The van der Waals surface area contributed by atoms with Crippen molar-refractivity contribution in [2.75, 3.05) is 35.2 Å². The van der Waals surface area contributed by atoms with Gasteiger partial charge in [0.1, 0.15) is 6.04 Å². The number of hydrogen-bond acceptors (Lipinski definition) is 5. The largest absolute Gasteiger partial charge is 0.348 e. The van der Waals surface area contributed by atoms with E-state index in [-0.39, 0.29) is 31.3 Å². The van der Waals surface area contributed by atoms with Crippen LogP contribution in [-0.2, 0) is 14.4 Å². The maximum absolute atomic E-state index is 12.9. The molecule has 2 heterocycles. The molecule has 32 heavy (non-hydrogen) atoms. The lowest BCUT2D eigenvalue weighted by molar-refractivity contribution is -0.127. The van der Waals surface area contributed by atoms with E-state index in [0.717, 1.165) is 16.0 Å². The van der Waals surface area contributed by atoms with Crippen LogP contribution in [0, 0.1) is 13.8 Å². The highest BCUT2D eigenvalue weighted by molar-refractivity contribution is 6.08. The van der Waals surface area contributed by atoms with Crippen LogP contribution in [0.5, 0.6) is 0 Å². The van der Waals surface area contributed by atoms with Crippen LogP contribution in [-0.4, -0.2) is 54.3 Å². The van der Waals surface area contributed by atoms with Crippen LogP contribution in [0.1, 0.15) is 17.5 Å². The van der Waals surface area contributed by atoms with Gasteiger partial charge in [-0.1, -0.05) is 29.8 Å². The van der Waals surface area contributed by atoms with Gasteiger partial charge < -0.3 is 20.9 Å². The lowest BCUT2D eigenvalue weighted by Gasteiger charge is -2.37. The molecular weight excluding hydrogens is 410 g/mol. The molecule has 2 aromatic carbocycles. The summed E-state index contributed by atoms with van der Waals surface area (Å²) >= 11 is 0. The second kappa shape index (κ2) is 8.70. The van der Waals surface area contributed by atoms with E-state index in [1.807, 2.05) is 32.0 Å². The predicted molar refractivity (Wildman–Crippen MR) is 120 cm³/mol. The van der Waals surface area contributed by atoms with Crippen molar-refractivity contribution in [2.45, 2.75) is 26.3 Å². The summed E-state index contributed by atoms with van der Waals surface area (Å²) in [6.07, 6.45) is -0.146. The summed E-state index contributed by atoms with van der Waals surface area (Å²) in [6.45, 7) is 4.34. The average Bonchev–Trinajstić information content (AvgIpc) is 3.18. The fraction of sp³-hybridized carbons (Fsp3) is 0.304. The number of rotatable bonds is 5. The molecule has 4 rings (SSSR count). The second-order valence-corrected chi connectivity index (χ2v) is 8.00. The maximum atomic E-state index is 12.9. The molecule has 0 aromatic heterocycles. The molecule has 166 valence electrons. The smallest absolute Gasteiger partial charge is 0.324 e. The van der Waals surface area contributed by atoms with Crippen molar-refractivity contribution in [1.29, 1.82) is 0 Å². The lowest BCUT2D eigenvalue weighted by Crippen LogP contribution is -2.53. The zero-order valence-corrected chi connectivity index (χ0v) is 18.0. The average molecular weight is 435 g/mol. The van der Waals surface area contributed by atoms with Gasteiger partial charge in [-0.15, -0.1) is 0 Å². The Morgan fingerprint density at radius 1 is 1.12 bits per heavy atom. The highest BCUT2D eigenvalue weighted by Crippen LogP contribution is 2.33. The summed E-state index contributed by atoms with van der Waals surface area (Å²) in [7, 11) is 0. The van der Waals surface area contributed by atoms with E-state index in [9.17, 15) is 19.2 Å². The third-order valence-electron chi connectivity index (χ3n) is 5.65. The van der Waals surface area contributed by atoms with Gasteiger partial charge in [0.25, 0.3) is 0 Å². The first-order valence-electron chi connectivity index (χ1n) is 10.5. The van der Waals surface area contributed by atoms with Gasteiger partial charge in [0.2, 0.25) is 17.7 Å². The normalized spacial score (nSPS) is 17.5. The Kier molecular flexibility index (Phi) is 5.81. The number of hydrogen-bond donors (Lipinski definition) is 3. The van der Waals surface area contributed by atoms with Crippen LogP contribution in [0.4, 0.5) is 21.9 Å². The molecule has 3 N–H and O–H groups in total. The van der Waals surface area contributed by atoms with Gasteiger partial charge >= 0.3 is 6.03 Å². The molecule has 1 atom stereocenters. The summed E-state index contributed by atoms with van der Waals surface area (Å²) in [6, 6.07) is 11.4. The number of carbonyl (C=O) groups excluding carboxylic acids is 4. The molecule has 0 bridgehead atoms. The Labute approximate surface area is 185 Å². The second-order valence-electron chi connectivity index (χ2n) is 8.00. The number of aryl methyl sites for hydroxylation is 2. The quantitative estimate of drug-likeness (QED) is 0.665.